The SMILES string of the molecule is CCN(Cc1nc2ccccc2c(=O)[nH]1)C(=O)c1cc(S(=O)(=O)N2CCOCC2)ccc1Cl. The molecule has 0 aliphatic carbocycles. The van der Waals surface area contributed by atoms with Gasteiger partial charge in [-0.1, -0.05) is 23.7 Å². The number of carbonyl (C=O) groups is 1. The molecule has 3 aromatic rings. The Hall–Kier alpha value is -2.79. The number of nitrogens with zero attached hydrogens (tertiary/aromatic N) is 3. The van der Waals surface area contributed by atoms with Crippen LogP contribution in [-0.2, 0) is 21.3 Å². The molecule has 1 fully saturated rings. The maximum atomic E-state index is 13.3. The number of nitrogens with one attached hydrogen (secondary N) is 1. The minimum atomic E-state index is -3.79. The van der Waals surface area contributed by atoms with Crippen LogP contribution in [0.5, 0.6) is 0 Å². The molecule has 11 heteroatoms. The van der Waals surface area contributed by atoms with Gasteiger partial charge in [-0.15, -0.1) is 0 Å². The van der Waals surface area contributed by atoms with Crippen LogP contribution in [0.25, 0.3) is 10.9 Å². The first-order valence-corrected chi connectivity index (χ1v) is 12.3. The van der Waals surface area contributed by atoms with Crippen LogP contribution in [0, 0.1) is 0 Å². The Morgan fingerprint density at radius 2 is 1.94 bits per heavy atom. The first kappa shape index (κ1) is 23.4. The lowest BCUT2D eigenvalue weighted by Gasteiger charge is -2.26. The molecule has 1 saturated heterocycles. The highest BCUT2D eigenvalue weighted by Gasteiger charge is 2.28. The number of aromatic amines is 1. The number of morpholine rings is 1. The molecule has 1 aliphatic heterocycles. The Bertz CT molecular complexity index is 1350. The summed E-state index contributed by atoms with van der Waals surface area (Å²) in [4.78, 5) is 34.3. The van der Waals surface area contributed by atoms with Crippen LogP contribution in [0.1, 0.15) is 23.1 Å². The maximum Gasteiger partial charge on any atom is 0.258 e. The molecule has 0 spiro atoms. The number of sulfonamides is 1. The third-order valence-corrected chi connectivity index (χ3v) is 7.67. The van der Waals surface area contributed by atoms with E-state index in [0.717, 1.165) is 0 Å². The maximum absolute atomic E-state index is 13.3. The van der Waals surface area contributed by atoms with Gasteiger partial charge in [0.15, 0.2) is 0 Å². The summed E-state index contributed by atoms with van der Waals surface area (Å²) in [6.07, 6.45) is 0. The van der Waals surface area contributed by atoms with Crippen LogP contribution < -0.4 is 5.56 Å². The summed E-state index contributed by atoms with van der Waals surface area (Å²) in [7, 11) is -3.79. The average Bonchev–Trinajstić information content (AvgIpc) is 2.83. The molecule has 0 unspecified atom stereocenters. The molecule has 0 saturated carbocycles. The molecule has 0 radical (unpaired) electrons. The second-order valence-corrected chi connectivity index (χ2v) is 9.85. The van der Waals surface area contributed by atoms with Gasteiger partial charge in [-0.25, -0.2) is 13.4 Å². The molecular weight excluding hydrogens is 468 g/mol. The van der Waals surface area contributed by atoms with E-state index in [-0.39, 0.29) is 40.7 Å². The van der Waals surface area contributed by atoms with E-state index in [1.54, 1.807) is 31.2 Å². The Morgan fingerprint density at radius 1 is 1.21 bits per heavy atom. The molecular formula is C22H23ClN4O5S. The van der Waals surface area contributed by atoms with Crippen LogP contribution >= 0.6 is 11.6 Å². The number of amides is 1. The van der Waals surface area contributed by atoms with Crippen molar-refractivity contribution in [3.63, 3.8) is 0 Å². The molecule has 2 aromatic carbocycles. The van der Waals surface area contributed by atoms with Gasteiger partial charge in [-0.3, -0.25) is 9.59 Å². The summed E-state index contributed by atoms with van der Waals surface area (Å²) in [6, 6.07) is 11.0. The third-order valence-electron chi connectivity index (χ3n) is 5.45. The molecule has 1 aliphatic rings. The van der Waals surface area contributed by atoms with Crippen molar-refractivity contribution in [3.8, 4) is 0 Å². The number of rotatable bonds is 6. The zero-order valence-electron chi connectivity index (χ0n) is 18.0. The summed E-state index contributed by atoms with van der Waals surface area (Å²) in [5.74, 6) is -0.139. The number of hydrogen-bond acceptors (Lipinski definition) is 6. The summed E-state index contributed by atoms with van der Waals surface area (Å²) < 4.78 is 32.6. The fourth-order valence-electron chi connectivity index (χ4n) is 3.65. The van der Waals surface area contributed by atoms with E-state index in [1.165, 1.54) is 27.4 Å². The van der Waals surface area contributed by atoms with Crippen molar-refractivity contribution >= 4 is 38.4 Å². The predicted molar refractivity (Wildman–Crippen MR) is 124 cm³/mol. The number of aromatic nitrogens is 2. The van der Waals surface area contributed by atoms with Crippen molar-refractivity contribution in [2.75, 3.05) is 32.8 Å². The van der Waals surface area contributed by atoms with Gasteiger partial charge in [0.2, 0.25) is 10.0 Å². The molecule has 1 amide bonds. The Labute approximate surface area is 196 Å². The fourth-order valence-corrected chi connectivity index (χ4v) is 5.29. The van der Waals surface area contributed by atoms with Crippen molar-refractivity contribution in [2.45, 2.75) is 18.4 Å². The molecule has 4 rings (SSSR count). The van der Waals surface area contributed by atoms with Gasteiger partial charge in [-0.05, 0) is 37.3 Å². The standard InChI is InChI=1S/C22H23ClN4O5S/c1-2-26(14-20-24-19-6-4-3-5-16(19)21(28)25-20)22(29)17-13-15(7-8-18(17)23)33(30,31)27-9-11-32-12-10-27/h3-8,13H,2,9-12,14H2,1H3,(H,24,25,28). The summed E-state index contributed by atoms with van der Waals surface area (Å²) in [6.45, 7) is 3.24. The molecule has 0 atom stereocenters. The van der Waals surface area contributed by atoms with Gasteiger partial charge in [0.1, 0.15) is 5.82 Å². The minimum absolute atomic E-state index is 0.00885. The summed E-state index contributed by atoms with van der Waals surface area (Å²) in [5.41, 5.74) is 0.295. The number of para-hydroxylation sites is 1. The molecule has 1 N–H and O–H groups in total. The smallest absolute Gasteiger partial charge is 0.258 e. The second-order valence-electron chi connectivity index (χ2n) is 7.51. The Kier molecular flexibility index (Phi) is 6.80. The summed E-state index contributed by atoms with van der Waals surface area (Å²) >= 11 is 6.28. The highest BCUT2D eigenvalue weighted by molar-refractivity contribution is 7.89. The van der Waals surface area contributed by atoms with Gasteiger partial charge >= 0.3 is 0 Å². The van der Waals surface area contributed by atoms with Gasteiger partial charge in [0, 0.05) is 19.6 Å². The van der Waals surface area contributed by atoms with Crippen LogP contribution in [0.15, 0.2) is 52.2 Å². The lowest BCUT2D eigenvalue weighted by molar-refractivity contribution is 0.0729. The van der Waals surface area contributed by atoms with Gasteiger partial charge < -0.3 is 14.6 Å². The van der Waals surface area contributed by atoms with E-state index in [9.17, 15) is 18.0 Å². The molecule has 1 aromatic heterocycles. The minimum Gasteiger partial charge on any atom is -0.379 e. The van der Waals surface area contributed by atoms with E-state index in [0.29, 0.717) is 36.5 Å². The zero-order chi connectivity index (χ0) is 23.6. The van der Waals surface area contributed by atoms with Crippen molar-refractivity contribution in [1.29, 1.82) is 0 Å². The second kappa shape index (κ2) is 9.60. The number of hydrogen-bond donors (Lipinski definition) is 1. The number of halogens is 1. The Balaban J connectivity index is 1.63. The highest BCUT2D eigenvalue weighted by atomic mass is 35.5. The first-order valence-electron chi connectivity index (χ1n) is 10.5. The van der Waals surface area contributed by atoms with Gasteiger partial charge in [0.25, 0.3) is 11.5 Å². The highest BCUT2D eigenvalue weighted by Crippen LogP contribution is 2.25. The van der Waals surface area contributed by atoms with Crippen molar-refractivity contribution in [1.82, 2.24) is 19.2 Å². The lowest BCUT2D eigenvalue weighted by atomic mass is 10.2. The molecule has 174 valence electrons. The molecule has 9 nitrogen and oxygen atoms in total. The van der Waals surface area contributed by atoms with Gasteiger partial charge in [0.05, 0.1) is 46.1 Å². The predicted octanol–water partition coefficient (Wildman–Crippen LogP) is 2.26. The fraction of sp³-hybridized carbons (Fsp3) is 0.318. The van der Waals surface area contributed by atoms with Crippen LogP contribution in [0.2, 0.25) is 5.02 Å². The summed E-state index contributed by atoms with van der Waals surface area (Å²) in [5, 5.41) is 0.596. The van der Waals surface area contributed by atoms with E-state index in [4.69, 9.17) is 16.3 Å². The van der Waals surface area contributed by atoms with E-state index in [1.807, 2.05) is 0 Å². The number of fused-ring (bicyclic) bond motifs is 1. The quantitative estimate of drug-likeness (QED) is 0.567. The monoisotopic (exact) mass is 490 g/mol. The first-order chi connectivity index (χ1) is 15.8. The number of ether oxygens (including phenoxy) is 1. The third kappa shape index (κ3) is 4.79. The number of benzene rings is 2. The van der Waals surface area contributed by atoms with Crippen molar-refractivity contribution in [3.05, 3.63) is 69.2 Å². The van der Waals surface area contributed by atoms with E-state index in [2.05, 4.69) is 9.97 Å². The van der Waals surface area contributed by atoms with Crippen LogP contribution in [0.3, 0.4) is 0 Å². The molecule has 33 heavy (non-hydrogen) atoms. The van der Waals surface area contributed by atoms with Crippen LogP contribution in [-0.4, -0.2) is 66.3 Å². The Morgan fingerprint density at radius 3 is 2.67 bits per heavy atom. The zero-order valence-corrected chi connectivity index (χ0v) is 19.5. The van der Waals surface area contributed by atoms with Gasteiger partial charge in [-0.2, -0.15) is 4.31 Å². The molecule has 0 bridgehead atoms. The average molecular weight is 491 g/mol. The van der Waals surface area contributed by atoms with Crippen LogP contribution in [0.4, 0.5) is 0 Å². The largest absolute Gasteiger partial charge is 0.379 e. The molecule has 2 heterocycles. The normalized spacial score (nSPS) is 15.0. The topological polar surface area (TPSA) is 113 Å². The van der Waals surface area contributed by atoms with Crippen molar-refractivity contribution < 1.29 is 17.9 Å². The lowest BCUT2D eigenvalue weighted by Crippen LogP contribution is -2.40. The number of H-pyrrole nitrogens is 1. The number of carbonyl (C=O) groups excluding carboxylic acids is 1. The van der Waals surface area contributed by atoms with Crippen molar-refractivity contribution in [2.24, 2.45) is 0 Å². The van der Waals surface area contributed by atoms with E-state index >= 15 is 0 Å². The van der Waals surface area contributed by atoms with E-state index < -0.39 is 15.9 Å².